The Morgan fingerprint density at radius 2 is 2.44 bits per heavy atom. The average molecular weight is 302 g/mol. The summed E-state index contributed by atoms with van der Waals surface area (Å²) in [5.41, 5.74) is 0. The number of hydrogen-bond acceptors (Lipinski definition) is 2. The second kappa shape index (κ2) is 5.82. The molecule has 16 heavy (non-hydrogen) atoms. The van der Waals surface area contributed by atoms with Crippen LogP contribution in [0.3, 0.4) is 0 Å². The van der Waals surface area contributed by atoms with Gasteiger partial charge in [-0.3, -0.25) is 4.79 Å². The number of rotatable bonds is 3. The van der Waals surface area contributed by atoms with Crippen LogP contribution in [0.2, 0.25) is 0 Å². The summed E-state index contributed by atoms with van der Waals surface area (Å²) >= 11 is 5.02. The van der Waals surface area contributed by atoms with E-state index in [0.29, 0.717) is 6.04 Å². The molecule has 1 aromatic heterocycles. The number of amides is 1. The maximum absolute atomic E-state index is 12.3. The first-order valence-corrected chi connectivity index (χ1v) is 7.73. The van der Waals surface area contributed by atoms with Gasteiger partial charge in [-0.1, -0.05) is 22.0 Å². The molecule has 1 saturated heterocycles. The molecule has 1 aliphatic heterocycles. The van der Waals surface area contributed by atoms with Crippen molar-refractivity contribution >= 4 is 33.2 Å². The van der Waals surface area contributed by atoms with E-state index in [2.05, 4.69) is 20.8 Å². The minimum atomic E-state index is 0.223. The summed E-state index contributed by atoms with van der Waals surface area (Å²) in [6.45, 7) is 0.925. The van der Waals surface area contributed by atoms with Crippen LogP contribution in [-0.4, -0.2) is 28.7 Å². The van der Waals surface area contributed by atoms with Crippen LogP contribution in [0, 0.1) is 0 Å². The van der Waals surface area contributed by atoms with Crippen LogP contribution in [0.4, 0.5) is 0 Å². The number of carbonyl (C=O) groups excluding carboxylic acids is 1. The van der Waals surface area contributed by atoms with Crippen molar-refractivity contribution in [2.75, 3.05) is 11.9 Å². The molecule has 0 aliphatic carbocycles. The van der Waals surface area contributed by atoms with Crippen molar-refractivity contribution in [2.24, 2.45) is 0 Å². The van der Waals surface area contributed by atoms with Crippen molar-refractivity contribution in [3.05, 3.63) is 22.4 Å². The topological polar surface area (TPSA) is 20.3 Å². The van der Waals surface area contributed by atoms with Gasteiger partial charge in [-0.2, -0.15) is 0 Å². The normalized spacial score (nSPS) is 21.1. The summed E-state index contributed by atoms with van der Waals surface area (Å²) in [6.07, 6.45) is 4.63. The van der Waals surface area contributed by atoms with Crippen LogP contribution in [0.5, 0.6) is 0 Å². The molecule has 2 nitrogen and oxygen atoms in total. The highest BCUT2D eigenvalue weighted by Gasteiger charge is 2.27. The van der Waals surface area contributed by atoms with Gasteiger partial charge >= 0.3 is 0 Å². The Bertz CT molecular complexity index is 337. The third-order valence-corrected chi connectivity index (χ3v) is 4.38. The smallest absolute Gasteiger partial charge is 0.264 e. The molecule has 0 aromatic carbocycles. The molecule has 1 amide bonds. The minimum Gasteiger partial charge on any atom is -0.335 e. The molecule has 0 radical (unpaired) electrons. The molecule has 2 rings (SSSR count). The summed E-state index contributed by atoms with van der Waals surface area (Å²) < 4.78 is 0. The number of nitrogens with zero attached hydrogens (tertiary/aromatic N) is 1. The molecule has 0 saturated carbocycles. The zero-order chi connectivity index (χ0) is 11.4. The van der Waals surface area contributed by atoms with Crippen LogP contribution in [0.25, 0.3) is 0 Å². The number of alkyl halides is 1. The quantitative estimate of drug-likeness (QED) is 0.782. The number of hydrogen-bond donors (Lipinski definition) is 0. The number of thiophene rings is 1. The van der Waals surface area contributed by atoms with E-state index in [9.17, 15) is 4.79 Å². The predicted molar refractivity (Wildman–Crippen MR) is 71.4 cm³/mol. The van der Waals surface area contributed by atoms with E-state index in [-0.39, 0.29) is 5.91 Å². The Morgan fingerprint density at radius 1 is 1.56 bits per heavy atom. The highest BCUT2D eigenvalue weighted by molar-refractivity contribution is 9.09. The molecule has 88 valence electrons. The Kier molecular flexibility index (Phi) is 4.41. The van der Waals surface area contributed by atoms with Crippen LogP contribution in [-0.2, 0) is 0 Å². The minimum absolute atomic E-state index is 0.223. The third-order valence-electron chi connectivity index (χ3n) is 3.06. The van der Waals surface area contributed by atoms with Gasteiger partial charge in [-0.25, -0.2) is 0 Å². The van der Waals surface area contributed by atoms with Crippen LogP contribution in [0.15, 0.2) is 17.5 Å². The van der Waals surface area contributed by atoms with Gasteiger partial charge in [-0.05, 0) is 37.1 Å². The van der Waals surface area contributed by atoms with Crippen molar-refractivity contribution < 1.29 is 4.79 Å². The van der Waals surface area contributed by atoms with Gasteiger partial charge in [-0.15, -0.1) is 11.3 Å². The van der Waals surface area contributed by atoms with E-state index in [0.717, 1.165) is 36.0 Å². The molecule has 1 unspecified atom stereocenters. The molecule has 0 bridgehead atoms. The highest BCUT2D eigenvalue weighted by Crippen LogP contribution is 2.23. The highest BCUT2D eigenvalue weighted by atomic mass is 79.9. The summed E-state index contributed by atoms with van der Waals surface area (Å²) in [5.74, 6) is 0.223. The fourth-order valence-corrected chi connectivity index (χ4v) is 3.44. The first kappa shape index (κ1) is 12.1. The molecule has 1 atom stereocenters. The Balaban J connectivity index is 2.08. The van der Waals surface area contributed by atoms with Gasteiger partial charge in [0.25, 0.3) is 5.91 Å². The second-order valence-corrected chi connectivity index (χ2v) is 5.84. The number of halogens is 1. The van der Waals surface area contributed by atoms with Gasteiger partial charge in [0.05, 0.1) is 4.88 Å². The Labute approximate surface area is 109 Å². The predicted octanol–water partition coefficient (Wildman–Crippen LogP) is 3.53. The zero-order valence-corrected chi connectivity index (χ0v) is 11.6. The zero-order valence-electron chi connectivity index (χ0n) is 9.19. The van der Waals surface area contributed by atoms with Crippen LogP contribution in [0.1, 0.15) is 35.4 Å². The number of carbonyl (C=O) groups is 1. The maximum atomic E-state index is 12.3. The fourth-order valence-electron chi connectivity index (χ4n) is 2.24. The lowest BCUT2D eigenvalue weighted by Crippen LogP contribution is -2.43. The molecule has 0 N–H and O–H groups in total. The standard InChI is InChI=1S/C12H16BrNOS/c13-7-6-10-4-1-2-8-14(10)12(15)11-5-3-9-16-11/h3,5,9-10H,1-2,4,6-8H2. The molecular weight excluding hydrogens is 286 g/mol. The molecule has 4 heteroatoms. The van der Waals surface area contributed by atoms with Crippen molar-refractivity contribution in [1.82, 2.24) is 4.90 Å². The van der Waals surface area contributed by atoms with Gasteiger partial charge in [0.15, 0.2) is 0 Å². The van der Waals surface area contributed by atoms with Crippen molar-refractivity contribution in [1.29, 1.82) is 0 Å². The van der Waals surface area contributed by atoms with E-state index >= 15 is 0 Å². The van der Waals surface area contributed by atoms with Crippen LogP contribution >= 0.6 is 27.3 Å². The Hall–Kier alpha value is -0.350. The molecule has 1 fully saturated rings. The molecule has 2 heterocycles. The van der Waals surface area contributed by atoms with Crippen LogP contribution < -0.4 is 0 Å². The van der Waals surface area contributed by atoms with E-state index in [1.807, 2.05) is 17.5 Å². The van der Waals surface area contributed by atoms with Gasteiger partial charge < -0.3 is 4.90 Å². The van der Waals surface area contributed by atoms with Crippen molar-refractivity contribution in [3.8, 4) is 0 Å². The molecule has 1 aliphatic rings. The van der Waals surface area contributed by atoms with Gasteiger partial charge in [0.1, 0.15) is 0 Å². The molecule has 1 aromatic rings. The summed E-state index contributed by atoms with van der Waals surface area (Å²) in [4.78, 5) is 15.2. The molecular formula is C12H16BrNOS. The lowest BCUT2D eigenvalue weighted by atomic mass is 10.00. The lowest BCUT2D eigenvalue weighted by Gasteiger charge is -2.35. The number of piperidine rings is 1. The van der Waals surface area contributed by atoms with Gasteiger partial charge in [0, 0.05) is 17.9 Å². The maximum Gasteiger partial charge on any atom is 0.264 e. The van der Waals surface area contributed by atoms with E-state index in [4.69, 9.17) is 0 Å². The summed E-state index contributed by atoms with van der Waals surface area (Å²) in [7, 11) is 0. The van der Waals surface area contributed by atoms with E-state index < -0.39 is 0 Å². The lowest BCUT2D eigenvalue weighted by molar-refractivity contribution is 0.0615. The number of likely N-dealkylation sites (tertiary alicyclic amines) is 1. The monoisotopic (exact) mass is 301 g/mol. The first-order valence-electron chi connectivity index (χ1n) is 5.73. The van der Waals surface area contributed by atoms with Crippen molar-refractivity contribution in [3.63, 3.8) is 0 Å². The molecule has 0 spiro atoms. The van der Waals surface area contributed by atoms with Gasteiger partial charge in [0.2, 0.25) is 0 Å². The second-order valence-electron chi connectivity index (χ2n) is 4.10. The summed E-state index contributed by atoms with van der Waals surface area (Å²) in [5, 5.41) is 2.95. The van der Waals surface area contributed by atoms with E-state index in [1.54, 1.807) is 11.3 Å². The summed E-state index contributed by atoms with van der Waals surface area (Å²) in [6, 6.07) is 4.30. The fraction of sp³-hybridized carbons (Fsp3) is 0.583. The van der Waals surface area contributed by atoms with Crippen molar-refractivity contribution in [2.45, 2.75) is 31.7 Å². The largest absolute Gasteiger partial charge is 0.335 e. The SMILES string of the molecule is O=C(c1cccs1)N1CCCCC1CCBr. The average Bonchev–Trinajstić information content (AvgIpc) is 2.83. The Morgan fingerprint density at radius 3 is 3.12 bits per heavy atom. The van der Waals surface area contributed by atoms with E-state index in [1.165, 1.54) is 6.42 Å². The third kappa shape index (κ3) is 2.66. The first-order chi connectivity index (χ1) is 7.83.